The van der Waals surface area contributed by atoms with E-state index in [0.29, 0.717) is 16.4 Å². The van der Waals surface area contributed by atoms with Crippen molar-refractivity contribution < 1.29 is 18.0 Å². The summed E-state index contributed by atoms with van der Waals surface area (Å²) in [4.78, 5) is 12.1. The monoisotopic (exact) mass is 365 g/mol. The summed E-state index contributed by atoms with van der Waals surface area (Å²) in [6.07, 6.45) is -3.32. The van der Waals surface area contributed by atoms with Crippen LogP contribution in [0, 0.1) is 11.3 Å². The first kappa shape index (κ1) is 18.4. The molecule has 0 saturated heterocycles. The van der Waals surface area contributed by atoms with Crippen molar-refractivity contribution in [1.29, 1.82) is 5.26 Å². The van der Waals surface area contributed by atoms with E-state index in [1.54, 1.807) is 30.3 Å². The van der Waals surface area contributed by atoms with E-state index in [4.69, 9.17) is 16.9 Å². The van der Waals surface area contributed by atoms with Crippen LogP contribution in [0.4, 0.5) is 24.5 Å². The zero-order valence-electron chi connectivity index (χ0n) is 12.6. The minimum atomic E-state index is -4.43. The number of nitriles is 1. The van der Waals surface area contributed by atoms with E-state index in [-0.39, 0.29) is 5.57 Å². The van der Waals surface area contributed by atoms with E-state index < -0.39 is 17.6 Å². The van der Waals surface area contributed by atoms with E-state index in [9.17, 15) is 18.0 Å². The molecule has 2 rings (SSSR count). The smallest absolute Gasteiger partial charge is 0.360 e. The molecule has 1 amide bonds. The summed E-state index contributed by atoms with van der Waals surface area (Å²) < 4.78 is 37.5. The van der Waals surface area contributed by atoms with Gasteiger partial charge in [-0.1, -0.05) is 23.7 Å². The lowest BCUT2D eigenvalue weighted by molar-refractivity contribution is -0.137. The number of hydrogen-bond acceptors (Lipinski definition) is 3. The van der Waals surface area contributed by atoms with Gasteiger partial charge in [0.1, 0.15) is 11.6 Å². The third kappa shape index (κ3) is 4.99. The molecule has 2 aromatic rings. The Bertz CT molecular complexity index is 839. The number of nitrogens with zero attached hydrogens (tertiary/aromatic N) is 1. The van der Waals surface area contributed by atoms with E-state index in [1.165, 1.54) is 12.1 Å². The average Bonchev–Trinajstić information content (AvgIpc) is 2.57. The molecule has 0 bridgehead atoms. The molecule has 2 aromatic carbocycles. The third-order valence-corrected chi connectivity index (χ3v) is 3.41. The van der Waals surface area contributed by atoms with Gasteiger partial charge in [0, 0.05) is 11.9 Å². The molecule has 0 unspecified atom stereocenters. The summed E-state index contributed by atoms with van der Waals surface area (Å²) in [5.41, 5.74) is -0.421. The van der Waals surface area contributed by atoms with Crippen LogP contribution >= 0.6 is 11.6 Å². The molecule has 25 heavy (non-hydrogen) atoms. The van der Waals surface area contributed by atoms with Crippen LogP contribution in [0.2, 0.25) is 5.02 Å². The lowest BCUT2D eigenvalue weighted by Gasteiger charge is -2.08. The maximum absolute atomic E-state index is 12.5. The number of benzene rings is 2. The molecule has 0 fully saturated rings. The number of amides is 1. The van der Waals surface area contributed by atoms with Crippen LogP contribution in [0.5, 0.6) is 0 Å². The lowest BCUT2D eigenvalue weighted by atomic mass is 10.2. The van der Waals surface area contributed by atoms with Crippen molar-refractivity contribution in [3.8, 4) is 6.07 Å². The summed E-state index contributed by atoms with van der Waals surface area (Å²) in [6.45, 7) is 0. The average molecular weight is 366 g/mol. The van der Waals surface area contributed by atoms with Crippen molar-refractivity contribution in [2.24, 2.45) is 0 Å². The Hall–Kier alpha value is -2.98. The molecule has 0 aliphatic rings. The number of alkyl halides is 3. The normalized spacial score (nSPS) is 11.6. The van der Waals surface area contributed by atoms with Crippen molar-refractivity contribution in [1.82, 2.24) is 0 Å². The molecule has 0 aromatic heterocycles. The number of para-hydroxylation sites is 1. The summed E-state index contributed by atoms with van der Waals surface area (Å²) in [5, 5.41) is 14.5. The maximum Gasteiger partial charge on any atom is 0.416 e. The number of rotatable bonds is 4. The number of nitrogens with one attached hydrogen (secondary N) is 2. The molecule has 0 radical (unpaired) electrons. The van der Waals surface area contributed by atoms with Crippen LogP contribution in [0.25, 0.3) is 0 Å². The molecule has 4 nitrogen and oxygen atoms in total. The van der Waals surface area contributed by atoms with E-state index in [1.807, 2.05) is 0 Å². The zero-order valence-corrected chi connectivity index (χ0v) is 13.3. The van der Waals surface area contributed by atoms with Gasteiger partial charge in [-0.25, -0.2) is 0 Å². The van der Waals surface area contributed by atoms with Crippen LogP contribution in [0.3, 0.4) is 0 Å². The quantitative estimate of drug-likeness (QED) is 0.603. The molecule has 2 N–H and O–H groups in total. The highest BCUT2D eigenvalue weighted by molar-refractivity contribution is 6.33. The molecule has 8 heteroatoms. The number of carbonyl (C=O) groups is 1. The van der Waals surface area contributed by atoms with E-state index >= 15 is 0 Å². The first-order valence-corrected chi connectivity index (χ1v) is 7.29. The molecular formula is C17H11ClF3N3O. The molecule has 0 heterocycles. The van der Waals surface area contributed by atoms with Gasteiger partial charge in [-0.2, -0.15) is 18.4 Å². The Balaban J connectivity index is 2.09. The molecule has 0 spiro atoms. The van der Waals surface area contributed by atoms with Crippen molar-refractivity contribution in [2.45, 2.75) is 6.18 Å². The van der Waals surface area contributed by atoms with Gasteiger partial charge in [-0.05, 0) is 36.4 Å². The largest absolute Gasteiger partial charge is 0.416 e. The van der Waals surface area contributed by atoms with Gasteiger partial charge < -0.3 is 10.6 Å². The van der Waals surface area contributed by atoms with Crippen LogP contribution < -0.4 is 10.6 Å². The highest BCUT2D eigenvalue weighted by atomic mass is 35.5. The lowest BCUT2D eigenvalue weighted by Crippen LogP contribution is -2.14. The number of halogens is 4. The van der Waals surface area contributed by atoms with Gasteiger partial charge in [-0.3, -0.25) is 4.79 Å². The van der Waals surface area contributed by atoms with Crippen molar-refractivity contribution >= 4 is 28.9 Å². The SMILES string of the molecule is N#C/C(=C/Nc1ccc(C(F)(F)F)cc1)C(=O)Nc1ccccc1Cl. The highest BCUT2D eigenvalue weighted by Gasteiger charge is 2.29. The standard InChI is InChI=1S/C17H11ClF3N3O/c18-14-3-1-2-4-15(14)24-16(25)11(9-22)10-23-13-7-5-12(6-8-13)17(19,20)21/h1-8,10,23H,(H,24,25)/b11-10-. The predicted molar refractivity (Wildman–Crippen MR) is 88.8 cm³/mol. The van der Waals surface area contributed by atoms with Gasteiger partial charge in [0.25, 0.3) is 5.91 Å². The number of anilines is 2. The van der Waals surface area contributed by atoms with Gasteiger partial charge in [0.05, 0.1) is 16.3 Å². The Labute approximate surface area is 146 Å². The predicted octanol–water partition coefficient (Wildman–Crippen LogP) is 4.82. The first-order valence-electron chi connectivity index (χ1n) is 6.91. The molecule has 0 aliphatic carbocycles. The minimum Gasteiger partial charge on any atom is -0.360 e. The molecule has 128 valence electrons. The zero-order chi connectivity index (χ0) is 18.4. The van der Waals surface area contributed by atoms with Crippen LogP contribution in [-0.4, -0.2) is 5.91 Å². The van der Waals surface area contributed by atoms with Gasteiger partial charge in [0.2, 0.25) is 0 Å². The van der Waals surface area contributed by atoms with Crippen molar-refractivity contribution in [3.63, 3.8) is 0 Å². The van der Waals surface area contributed by atoms with Gasteiger partial charge in [-0.15, -0.1) is 0 Å². The number of carbonyl (C=O) groups excluding carboxylic acids is 1. The number of hydrogen-bond donors (Lipinski definition) is 2. The Kier molecular flexibility index (Phi) is 5.67. The maximum atomic E-state index is 12.5. The van der Waals surface area contributed by atoms with Crippen molar-refractivity contribution in [3.05, 3.63) is 70.9 Å². The van der Waals surface area contributed by atoms with Crippen LogP contribution in [0.1, 0.15) is 5.56 Å². The summed E-state index contributed by atoms with van der Waals surface area (Å²) in [6, 6.07) is 12.4. The molecule has 0 saturated carbocycles. The fourth-order valence-corrected chi connectivity index (χ4v) is 1.99. The Morgan fingerprint density at radius 3 is 2.32 bits per heavy atom. The molecule has 0 atom stereocenters. The van der Waals surface area contributed by atoms with E-state index in [2.05, 4.69) is 10.6 Å². The second-order valence-electron chi connectivity index (χ2n) is 4.82. The highest BCUT2D eigenvalue weighted by Crippen LogP contribution is 2.29. The Morgan fingerprint density at radius 1 is 1.12 bits per heavy atom. The van der Waals surface area contributed by atoms with Gasteiger partial charge >= 0.3 is 6.18 Å². The summed E-state index contributed by atoms with van der Waals surface area (Å²) in [7, 11) is 0. The van der Waals surface area contributed by atoms with Crippen LogP contribution in [-0.2, 0) is 11.0 Å². The second-order valence-corrected chi connectivity index (χ2v) is 5.23. The first-order chi connectivity index (χ1) is 11.8. The topological polar surface area (TPSA) is 64.9 Å². The fraction of sp³-hybridized carbons (Fsp3) is 0.0588. The molecule has 0 aliphatic heterocycles. The third-order valence-electron chi connectivity index (χ3n) is 3.08. The summed E-state index contributed by atoms with van der Waals surface area (Å²) >= 11 is 5.92. The second kappa shape index (κ2) is 7.73. The fourth-order valence-electron chi connectivity index (χ4n) is 1.81. The van der Waals surface area contributed by atoms with Crippen molar-refractivity contribution in [2.75, 3.05) is 10.6 Å². The van der Waals surface area contributed by atoms with Crippen LogP contribution in [0.15, 0.2) is 60.3 Å². The summed E-state index contributed by atoms with van der Waals surface area (Å²) in [5.74, 6) is -0.699. The molecular weight excluding hydrogens is 355 g/mol. The Morgan fingerprint density at radius 2 is 1.76 bits per heavy atom. The van der Waals surface area contributed by atoms with E-state index in [0.717, 1.165) is 18.3 Å². The van der Waals surface area contributed by atoms with Gasteiger partial charge in [0.15, 0.2) is 0 Å². The minimum absolute atomic E-state index is 0.264.